The molecular formula is C41H38IN5O3S. The molecule has 8 rings (SSSR count). The molecule has 1 fully saturated rings. The second kappa shape index (κ2) is 14.3. The summed E-state index contributed by atoms with van der Waals surface area (Å²) in [5.41, 5.74) is 8.20. The quantitative estimate of drug-likeness (QED) is 0.113. The van der Waals surface area contributed by atoms with Crippen molar-refractivity contribution in [1.82, 2.24) is 22.5 Å². The van der Waals surface area contributed by atoms with Crippen molar-refractivity contribution in [1.29, 1.82) is 0 Å². The van der Waals surface area contributed by atoms with Gasteiger partial charge in [-0.1, -0.05) is 72.8 Å². The highest BCUT2D eigenvalue weighted by Gasteiger charge is 2.38. The van der Waals surface area contributed by atoms with Crippen LogP contribution in [-0.2, 0) is 17.8 Å². The van der Waals surface area contributed by atoms with E-state index in [9.17, 15) is 9.59 Å². The summed E-state index contributed by atoms with van der Waals surface area (Å²) in [4.78, 5) is 43.0. The number of nitrogens with zero attached hydrogens (tertiary/aromatic N) is 5. The van der Waals surface area contributed by atoms with Crippen LogP contribution in [0.4, 0.5) is 0 Å². The number of rotatable bonds is 8. The number of hydrogen-bond donors (Lipinski definition) is 0. The molecule has 0 saturated carbocycles. The van der Waals surface area contributed by atoms with Crippen molar-refractivity contribution >= 4 is 57.1 Å². The lowest BCUT2D eigenvalue weighted by atomic mass is 9.89. The van der Waals surface area contributed by atoms with E-state index in [-0.39, 0.29) is 12.5 Å². The van der Waals surface area contributed by atoms with Gasteiger partial charge in [-0.2, -0.15) is 0 Å². The third-order valence-corrected chi connectivity index (χ3v) is 12.3. The molecule has 4 heterocycles. The van der Waals surface area contributed by atoms with E-state index in [4.69, 9.17) is 14.7 Å². The summed E-state index contributed by atoms with van der Waals surface area (Å²) in [7, 11) is 2.19. The number of fused-ring (bicyclic) bond motifs is 2. The first-order valence-corrected chi connectivity index (χ1v) is 19.2. The smallest absolute Gasteiger partial charge is 0.338 e. The van der Waals surface area contributed by atoms with Crippen LogP contribution in [0.5, 0.6) is 0 Å². The van der Waals surface area contributed by atoms with Crippen LogP contribution in [0.2, 0.25) is 0 Å². The molecule has 4 aromatic carbocycles. The van der Waals surface area contributed by atoms with E-state index in [1.165, 1.54) is 29.7 Å². The Morgan fingerprint density at radius 2 is 1.69 bits per heavy atom. The van der Waals surface area contributed by atoms with Crippen molar-refractivity contribution in [3.8, 4) is 10.6 Å². The highest BCUT2D eigenvalue weighted by atomic mass is 127. The molecule has 0 bridgehead atoms. The minimum Gasteiger partial charge on any atom is -0.457 e. The van der Waals surface area contributed by atoms with Crippen molar-refractivity contribution < 1.29 is 14.3 Å². The van der Waals surface area contributed by atoms with Gasteiger partial charge in [0.2, 0.25) is 0 Å². The molecule has 1 saturated heterocycles. The van der Waals surface area contributed by atoms with Crippen molar-refractivity contribution in [2.24, 2.45) is 0 Å². The molecule has 0 N–H and O–H groups in total. The number of piperidine rings is 1. The first-order chi connectivity index (χ1) is 24.8. The summed E-state index contributed by atoms with van der Waals surface area (Å²) in [5, 5.41) is 0.863. The molecule has 51 heavy (non-hydrogen) atoms. The number of halogens is 1. The molecule has 2 aliphatic heterocycles. The molecular weight excluding hydrogens is 769 g/mol. The van der Waals surface area contributed by atoms with Gasteiger partial charge in [-0.25, -0.2) is 14.8 Å². The third-order valence-electron chi connectivity index (χ3n) is 10.2. The first kappa shape index (κ1) is 33.7. The number of carbonyl (C=O) groups excluding carboxylic acids is 2. The summed E-state index contributed by atoms with van der Waals surface area (Å²) in [5.74, 6) is 0.818. The van der Waals surface area contributed by atoms with E-state index in [0.717, 1.165) is 62.9 Å². The number of benzene rings is 4. The van der Waals surface area contributed by atoms with Gasteiger partial charge in [0, 0.05) is 18.5 Å². The average Bonchev–Trinajstić information content (AvgIpc) is 3.75. The summed E-state index contributed by atoms with van der Waals surface area (Å²) in [6.07, 6.45) is 2.98. The second-order valence-corrected chi connectivity index (χ2v) is 15.5. The lowest BCUT2D eigenvalue weighted by Gasteiger charge is -2.34. The number of aryl methyl sites for hydroxylation is 1. The zero-order valence-electron chi connectivity index (χ0n) is 28.6. The van der Waals surface area contributed by atoms with Crippen molar-refractivity contribution in [3.63, 3.8) is 0 Å². The SMILES string of the molecule is Cc1ccc(C(=O)OCc2ccccc2)cc1C(c1nc2ccccc2n1I)N1CCc2nc(-c3ccc(C4CCN(C)CC4)cc3)sc2C1=O. The third kappa shape index (κ3) is 6.72. The average molecular weight is 808 g/mol. The van der Waals surface area contributed by atoms with Gasteiger partial charge >= 0.3 is 5.97 Å². The summed E-state index contributed by atoms with van der Waals surface area (Å²) in [6, 6.07) is 31.5. The molecule has 1 amide bonds. The highest BCUT2D eigenvalue weighted by molar-refractivity contribution is 14.1. The molecule has 0 spiro atoms. The maximum Gasteiger partial charge on any atom is 0.338 e. The Morgan fingerprint density at radius 1 is 0.941 bits per heavy atom. The molecule has 1 atom stereocenters. The fourth-order valence-electron chi connectivity index (χ4n) is 7.26. The normalized spacial score (nSPS) is 16.0. The lowest BCUT2D eigenvalue weighted by molar-refractivity contribution is 0.0472. The Bertz CT molecular complexity index is 2220. The number of para-hydroxylation sites is 2. The van der Waals surface area contributed by atoms with Crippen LogP contribution < -0.4 is 0 Å². The molecule has 10 heteroatoms. The molecule has 1 unspecified atom stereocenters. The Balaban J connectivity index is 1.12. The van der Waals surface area contributed by atoms with Crippen LogP contribution >= 0.6 is 34.2 Å². The number of likely N-dealkylation sites (tertiary alicyclic amines) is 1. The monoisotopic (exact) mass is 807 g/mol. The fourth-order valence-corrected chi connectivity index (χ4v) is 9.11. The molecule has 0 radical (unpaired) electrons. The minimum absolute atomic E-state index is 0.0761. The van der Waals surface area contributed by atoms with Crippen LogP contribution in [0.25, 0.3) is 21.6 Å². The van der Waals surface area contributed by atoms with Crippen LogP contribution in [0.15, 0.2) is 97.1 Å². The van der Waals surface area contributed by atoms with Crippen LogP contribution in [0, 0.1) is 6.92 Å². The zero-order chi connectivity index (χ0) is 35.1. The van der Waals surface area contributed by atoms with Crippen LogP contribution in [0.3, 0.4) is 0 Å². The number of imidazole rings is 1. The maximum absolute atomic E-state index is 14.6. The number of aromatic nitrogens is 3. The Hall–Kier alpha value is -4.39. The number of thiazole rings is 1. The van der Waals surface area contributed by atoms with Gasteiger partial charge in [0.15, 0.2) is 0 Å². The summed E-state index contributed by atoms with van der Waals surface area (Å²) >= 11 is 3.74. The molecule has 2 aromatic heterocycles. The molecule has 2 aliphatic rings. The number of hydrogen-bond acceptors (Lipinski definition) is 7. The molecule has 8 nitrogen and oxygen atoms in total. The van der Waals surface area contributed by atoms with Crippen LogP contribution in [0.1, 0.15) is 78.6 Å². The second-order valence-electron chi connectivity index (χ2n) is 13.5. The van der Waals surface area contributed by atoms with Crippen molar-refractivity contribution in [2.75, 3.05) is 26.7 Å². The standard InChI is InChI=1S/C41H38IN5O3S/c1-26-12-13-31(41(49)50-25-27-8-4-3-5-9-27)24-32(26)36(38-43-33-10-6-7-11-35(33)47(38)42)46-23-20-34-37(40(46)48)51-39(44-34)30-16-14-28(15-17-30)29-18-21-45(2)22-19-29/h3-17,24,29,36H,18-23,25H2,1-2H3. The number of amides is 1. The van der Waals surface area contributed by atoms with Gasteiger partial charge in [-0.05, 0) is 92.3 Å². The fraction of sp³-hybridized carbons (Fsp3) is 0.268. The number of esters is 1. The van der Waals surface area contributed by atoms with Gasteiger partial charge in [-0.3, -0.25) is 7.58 Å². The molecule has 0 aliphatic carbocycles. The van der Waals surface area contributed by atoms with Gasteiger partial charge in [0.25, 0.3) is 5.91 Å². The van der Waals surface area contributed by atoms with Gasteiger partial charge < -0.3 is 14.5 Å². The van der Waals surface area contributed by atoms with Crippen molar-refractivity contribution in [2.45, 2.75) is 44.8 Å². The number of carbonyl (C=O) groups is 2. The van der Waals surface area contributed by atoms with Gasteiger partial charge in [0.05, 0.1) is 45.2 Å². The molecule has 6 aromatic rings. The maximum atomic E-state index is 14.6. The van der Waals surface area contributed by atoms with E-state index in [1.54, 1.807) is 6.07 Å². The highest BCUT2D eigenvalue weighted by Crippen LogP contribution is 2.40. The van der Waals surface area contributed by atoms with Crippen molar-refractivity contribution in [3.05, 3.63) is 141 Å². The van der Waals surface area contributed by atoms with E-state index in [1.807, 2.05) is 81.3 Å². The predicted molar refractivity (Wildman–Crippen MR) is 209 cm³/mol. The Labute approximate surface area is 315 Å². The Morgan fingerprint density at radius 3 is 2.45 bits per heavy atom. The minimum atomic E-state index is -0.545. The van der Waals surface area contributed by atoms with E-state index < -0.39 is 12.0 Å². The topological polar surface area (TPSA) is 80.6 Å². The van der Waals surface area contributed by atoms with Gasteiger partial charge in [-0.15, -0.1) is 11.3 Å². The number of ether oxygens (including phenoxy) is 1. The summed E-state index contributed by atoms with van der Waals surface area (Å²) in [6.45, 7) is 4.92. The lowest BCUT2D eigenvalue weighted by Crippen LogP contribution is -2.41. The molecule has 258 valence electrons. The van der Waals surface area contributed by atoms with Crippen LogP contribution in [-0.4, -0.2) is 61.1 Å². The zero-order valence-corrected chi connectivity index (χ0v) is 31.6. The first-order valence-electron chi connectivity index (χ1n) is 17.4. The Kier molecular flexibility index (Phi) is 9.47. The largest absolute Gasteiger partial charge is 0.457 e. The van der Waals surface area contributed by atoms with Gasteiger partial charge in [0.1, 0.15) is 28.4 Å². The van der Waals surface area contributed by atoms with E-state index in [2.05, 4.69) is 59.1 Å². The van der Waals surface area contributed by atoms with E-state index >= 15 is 0 Å². The predicted octanol–water partition coefficient (Wildman–Crippen LogP) is 8.62. The van der Waals surface area contributed by atoms with E-state index in [0.29, 0.717) is 29.3 Å². The summed E-state index contributed by atoms with van der Waals surface area (Å²) < 4.78 is 7.75.